The Morgan fingerprint density at radius 1 is 1.11 bits per heavy atom. The average molecular weight is 268 g/mol. The number of hydrogen-bond donors (Lipinski definition) is 0. The van der Waals surface area contributed by atoms with E-state index in [0.29, 0.717) is 17.3 Å². The molecule has 0 bridgehead atoms. The molecule has 0 radical (unpaired) electrons. The molecule has 0 aliphatic rings. The largest absolute Gasteiger partial charge is 0.239 e. The molecule has 0 amide bonds. The minimum absolute atomic E-state index is 0.368. The van der Waals surface area contributed by atoms with E-state index < -0.39 is 5.92 Å². The van der Waals surface area contributed by atoms with E-state index in [0.717, 1.165) is 11.1 Å². The highest BCUT2D eigenvalue weighted by atomic mass is 35.5. The lowest BCUT2D eigenvalue weighted by Crippen LogP contribution is -2.01. The van der Waals surface area contributed by atoms with E-state index in [4.69, 9.17) is 16.9 Å². The summed E-state index contributed by atoms with van der Waals surface area (Å²) in [5, 5.41) is 18.3. The smallest absolute Gasteiger partial charge is 0.129 e. The van der Waals surface area contributed by atoms with Gasteiger partial charge in [-0.1, -0.05) is 41.9 Å². The van der Waals surface area contributed by atoms with Gasteiger partial charge in [0, 0.05) is 0 Å². The molecular weight excluding hydrogens is 258 g/mol. The van der Waals surface area contributed by atoms with E-state index in [1.54, 1.807) is 18.2 Å². The van der Waals surface area contributed by atoms with E-state index in [-0.39, 0.29) is 0 Å². The third-order valence-electron chi connectivity index (χ3n) is 2.76. The first-order valence-corrected chi connectivity index (χ1v) is 6.10. The van der Waals surface area contributed by atoms with Crippen molar-refractivity contribution in [3.05, 3.63) is 64.4 Å². The van der Waals surface area contributed by atoms with Gasteiger partial charge in [0.25, 0.3) is 0 Å². The first kappa shape index (κ1) is 13.1. The van der Waals surface area contributed by atoms with Crippen LogP contribution in [0.2, 0.25) is 5.15 Å². The van der Waals surface area contributed by atoms with Gasteiger partial charge < -0.3 is 0 Å². The van der Waals surface area contributed by atoms with Crippen LogP contribution in [0.3, 0.4) is 0 Å². The molecule has 2 aromatic rings. The fraction of sp³-hybridized carbons (Fsp3) is 0.133. The summed E-state index contributed by atoms with van der Waals surface area (Å²) in [6.07, 6.45) is 0.368. The van der Waals surface area contributed by atoms with E-state index in [1.807, 2.05) is 24.3 Å². The minimum Gasteiger partial charge on any atom is -0.239 e. The molecule has 0 fully saturated rings. The molecule has 0 saturated heterocycles. The average Bonchev–Trinajstić information content (AvgIpc) is 2.42. The van der Waals surface area contributed by atoms with Crippen LogP contribution in [-0.2, 0) is 6.42 Å². The van der Waals surface area contributed by atoms with E-state index >= 15 is 0 Å². The number of pyridine rings is 1. The summed E-state index contributed by atoms with van der Waals surface area (Å²) >= 11 is 5.84. The molecule has 1 atom stereocenters. The van der Waals surface area contributed by atoms with Gasteiger partial charge in [0.05, 0.1) is 24.3 Å². The quantitative estimate of drug-likeness (QED) is 0.800. The Hall–Kier alpha value is -2.36. The topological polar surface area (TPSA) is 60.5 Å². The predicted molar refractivity (Wildman–Crippen MR) is 72.5 cm³/mol. The van der Waals surface area contributed by atoms with Crippen LogP contribution in [0, 0.1) is 22.7 Å². The minimum atomic E-state index is -0.449. The van der Waals surface area contributed by atoms with Crippen molar-refractivity contribution >= 4 is 11.6 Å². The Balaban J connectivity index is 2.33. The number of nitriles is 2. The van der Waals surface area contributed by atoms with E-state index in [1.165, 1.54) is 0 Å². The molecule has 0 aliphatic carbocycles. The van der Waals surface area contributed by atoms with Crippen LogP contribution in [0.15, 0.2) is 42.5 Å². The van der Waals surface area contributed by atoms with Gasteiger partial charge in [-0.25, -0.2) is 4.98 Å². The second-order valence-electron chi connectivity index (χ2n) is 4.02. The molecule has 1 aromatic heterocycles. The highest BCUT2D eigenvalue weighted by Crippen LogP contribution is 2.23. The van der Waals surface area contributed by atoms with Gasteiger partial charge in [-0.15, -0.1) is 0 Å². The lowest BCUT2D eigenvalue weighted by molar-refractivity contribution is 0.964. The zero-order valence-corrected chi connectivity index (χ0v) is 10.8. The number of aromatic nitrogens is 1. The van der Waals surface area contributed by atoms with Gasteiger partial charge in [-0.3, -0.25) is 0 Å². The highest BCUT2D eigenvalue weighted by Gasteiger charge is 2.14. The van der Waals surface area contributed by atoms with Crippen molar-refractivity contribution in [2.75, 3.05) is 0 Å². The Morgan fingerprint density at radius 3 is 2.42 bits per heavy atom. The van der Waals surface area contributed by atoms with Crippen molar-refractivity contribution in [3.63, 3.8) is 0 Å². The molecule has 2 rings (SSSR count). The van der Waals surface area contributed by atoms with Crippen LogP contribution in [0.5, 0.6) is 0 Å². The van der Waals surface area contributed by atoms with Gasteiger partial charge >= 0.3 is 0 Å². The fourth-order valence-corrected chi connectivity index (χ4v) is 1.99. The summed E-state index contributed by atoms with van der Waals surface area (Å²) in [7, 11) is 0. The summed E-state index contributed by atoms with van der Waals surface area (Å²) in [4.78, 5) is 4.17. The third-order valence-corrected chi connectivity index (χ3v) is 2.97. The summed E-state index contributed by atoms with van der Waals surface area (Å²) in [6, 6.07) is 17.0. The van der Waals surface area contributed by atoms with Crippen molar-refractivity contribution in [1.82, 2.24) is 4.98 Å². The van der Waals surface area contributed by atoms with Crippen LogP contribution in [-0.4, -0.2) is 4.98 Å². The molecular formula is C15H10ClN3. The molecule has 0 N–H and O–H groups in total. The molecule has 3 nitrogen and oxygen atoms in total. The Morgan fingerprint density at radius 2 is 1.84 bits per heavy atom. The Bertz CT molecular complexity index is 650. The third kappa shape index (κ3) is 3.10. The van der Waals surface area contributed by atoms with Crippen molar-refractivity contribution < 1.29 is 0 Å². The first-order chi connectivity index (χ1) is 9.24. The first-order valence-electron chi connectivity index (χ1n) is 5.72. The predicted octanol–water partition coefficient (Wildman–Crippen LogP) is 3.46. The summed E-state index contributed by atoms with van der Waals surface area (Å²) < 4.78 is 0. The highest BCUT2D eigenvalue weighted by molar-refractivity contribution is 6.29. The van der Waals surface area contributed by atoms with Crippen molar-refractivity contribution in [2.24, 2.45) is 0 Å². The second-order valence-corrected chi connectivity index (χ2v) is 4.41. The summed E-state index contributed by atoms with van der Waals surface area (Å²) in [6.45, 7) is 0. The molecule has 1 heterocycles. The number of nitrogens with zero attached hydrogens (tertiary/aromatic N) is 3. The maximum Gasteiger partial charge on any atom is 0.129 e. The molecule has 1 unspecified atom stereocenters. The summed E-state index contributed by atoms with van der Waals surface area (Å²) in [5.41, 5.74) is 2.41. The number of rotatable bonds is 3. The van der Waals surface area contributed by atoms with Gasteiger partial charge in [0.2, 0.25) is 0 Å². The van der Waals surface area contributed by atoms with Gasteiger partial charge in [0.15, 0.2) is 0 Å². The molecule has 1 aromatic carbocycles. The van der Waals surface area contributed by atoms with Crippen LogP contribution < -0.4 is 0 Å². The molecule has 4 heteroatoms. The van der Waals surface area contributed by atoms with Gasteiger partial charge in [-0.2, -0.15) is 10.5 Å². The van der Waals surface area contributed by atoms with Crippen molar-refractivity contribution in [2.45, 2.75) is 12.3 Å². The van der Waals surface area contributed by atoms with Crippen LogP contribution >= 0.6 is 11.6 Å². The fourth-order valence-electron chi connectivity index (χ4n) is 1.82. The summed E-state index contributed by atoms with van der Waals surface area (Å²) in [5.74, 6) is -0.449. The monoisotopic (exact) mass is 267 g/mol. The molecule has 19 heavy (non-hydrogen) atoms. The number of hydrogen-bond acceptors (Lipinski definition) is 3. The maximum absolute atomic E-state index is 9.31. The zero-order chi connectivity index (χ0) is 13.7. The van der Waals surface area contributed by atoms with Crippen LogP contribution in [0.4, 0.5) is 0 Å². The van der Waals surface area contributed by atoms with Gasteiger partial charge in [0.1, 0.15) is 11.1 Å². The Kier molecular flexibility index (Phi) is 4.13. The lowest BCUT2D eigenvalue weighted by Gasteiger charge is -2.09. The van der Waals surface area contributed by atoms with E-state index in [9.17, 15) is 5.26 Å². The van der Waals surface area contributed by atoms with Crippen molar-refractivity contribution in [1.29, 1.82) is 10.5 Å². The number of benzene rings is 1. The molecule has 92 valence electrons. The van der Waals surface area contributed by atoms with Gasteiger partial charge in [-0.05, 0) is 23.3 Å². The SMILES string of the molecule is N#CCc1ccc(C(C#N)c2cccc(Cl)n2)cc1. The zero-order valence-electron chi connectivity index (χ0n) is 10.0. The van der Waals surface area contributed by atoms with E-state index in [2.05, 4.69) is 17.1 Å². The van der Waals surface area contributed by atoms with Crippen molar-refractivity contribution in [3.8, 4) is 12.1 Å². The van der Waals surface area contributed by atoms with Crippen LogP contribution in [0.1, 0.15) is 22.7 Å². The molecule has 0 spiro atoms. The standard InChI is InChI=1S/C15H10ClN3/c16-15-3-1-2-14(19-15)13(10-18)12-6-4-11(5-7-12)8-9-17/h1-7,13H,8H2. The second kappa shape index (κ2) is 6.00. The number of halogens is 1. The molecule has 0 saturated carbocycles. The lowest BCUT2D eigenvalue weighted by atomic mass is 9.95. The molecule has 0 aliphatic heterocycles. The van der Waals surface area contributed by atoms with Crippen LogP contribution in [0.25, 0.3) is 0 Å². The Labute approximate surface area is 116 Å². The maximum atomic E-state index is 9.31. The normalized spacial score (nSPS) is 11.3.